The van der Waals surface area contributed by atoms with Gasteiger partial charge in [0, 0.05) is 25.6 Å². The number of rotatable bonds is 4. The summed E-state index contributed by atoms with van der Waals surface area (Å²) in [7, 11) is 0. The highest BCUT2D eigenvalue weighted by atomic mass is 16.5. The molecule has 1 fully saturated rings. The van der Waals surface area contributed by atoms with Crippen LogP contribution in [0.4, 0.5) is 0 Å². The molecule has 2 heterocycles. The van der Waals surface area contributed by atoms with Gasteiger partial charge in [-0.15, -0.1) is 0 Å². The van der Waals surface area contributed by atoms with Crippen LogP contribution >= 0.6 is 0 Å². The van der Waals surface area contributed by atoms with Crippen molar-refractivity contribution >= 4 is 0 Å². The quantitative estimate of drug-likeness (QED) is 0.697. The third-order valence-electron chi connectivity index (χ3n) is 6.84. The molecule has 1 unspecified atom stereocenters. The summed E-state index contributed by atoms with van der Waals surface area (Å²) >= 11 is 0. The van der Waals surface area contributed by atoms with Gasteiger partial charge in [-0.2, -0.15) is 0 Å². The largest absolute Gasteiger partial charge is 0.365 e. The van der Waals surface area contributed by atoms with Gasteiger partial charge in [0.2, 0.25) is 0 Å². The van der Waals surface area contributed by atoms with Gasteiger partial charge in [0.25, 0.3) is 0 Å². The van der Waals surface area contributed by atoms with Crippen molar-refractivity contribution in [2.24, 2.45) is 0 Å². The van der Waals surface area contributed by atoms with Crippen LogP contribution in [0.3, 0.4) is 0 Å². The average Bonchev–Trinajstić information content (AvgIpc) is 3.29. The molecule has 140 valence electrons. The lowest BCUT2D eigenvalue weighted by Crippen LogP contribution is -2.42. The second kappa shape index (κ2) is 7.26. The number of hydrogen-bond donors (Lipinski definition) is 0. The summed E-state index contributed by atoms with van der Waals surface area (Å²) < 4.78 is 6.29. The number of nitrogens with zero attached hydrogens (tertiary/aromatic N) is 1. The molecule has 3 aliphatic rings. The molecule has 0 saturated carbocycles. The smallest absolute Gasteiger partial charge is 0.0963 e. The summed E-state index contributed by atoms with van der Waals surface area (Å²) in [4.78, 5) is 2.61. The molecule has 1 aliphatic carbocycles. The Labute approximate surface area is 162 Å². The van der Waals surface area contributed by atoms with Crippen molar-refractivity contribution in [3.8, 4) is 0 Å². The minimum atomic E-state index is -0.00348. The Morgan fingerprint density at radius 2 is 1.78 bits per heavy atom. The van der Waals surface area contributed by atoms with Gasteiger partial charge in [-0.3, -0.25) is 0 Å². The molecule has 1 atom stereocenters. The fourth-order valence-electron chi connectivity index (χ4n) is 5.24. The highest BCUT2D eigenvalue weighted by molar-refractivity contribution is 5.38. The Hall–Kier alpha value is -1.90. The molecule has 5 rings (SSSR count). The Morgan fingerprint density at radius 3 is 2.67 bits per heavy atom. The first-order valence-corrected chi connectivity index (χ1v) is 10.5. The van der Waals surface area contributed by atoms with E-state index in [2.05, 4.69) is 65.6 Å². The van der Waals surface area contributed by atoms with E-state index in [1.54, 1.807) is 11.1 Å². The molecule has 0 amide bonds. The van der Waals surface area contributed by atoms with E-state index in [1.807, 2.05) is 0 Å². The van der Waals surface area contributed by atoms with Crippen LogP contribution in [-0.4, -0.2) is 24.5 Å². The first-order valence-electron chi connectivity index (χ1n) is 10.5. The highest BCUT2D eigenvalue weighted by Gasteiger charge is 2.42. The summed E-state index contributed by atoms with van der Waals surface area (Å²) in [6, 6.07) is 17.7. The molecule has 2 aliphatic heterocycles. The maximum absolute atomic E-state index is 6.29. The van der Waals surface area contributed by atoms with E-state index < -0.39 is 0 Å². The molecule has 0 radical (unpaired) electrons. The molecule has 0 N–H and O–H groups in total. The van der Waals surface area contributed by atoms with Gasteiger partial charge >= 0.3 is 0 Å². The molecular weight excluding hydrogens is 330 g/mol. The summed E-state index contributed by atoms with van der Waals surface area (Å²) in [5.41, 5.74) is 5.93. The standard InChI is InChI=1S/C25H29NO/c1-3-10-23-20(7-1)12-13-21(23)8-5-6-16-26-17-14-25(15-18-26)24-11-4-2-9-22(24)19-27-25/h1-5,7-11,21H,6,12-19H2/b8-5+. The first kappa shape index (κ1) is 17.2. The van der Waals surface area contributed by atoms with Gasteiger partial charge in [0.1, 0.15) is 0 Å². The fraction of sp³-hybridized carbons (Fsp3) is 0.440. The highest BCUT2D eigenvalue weighted by Crippen LogP contribution is 2.44. The van der Waals surface area contributed by atoms with Crippen molar-refractivity contribution in [1.29, 1.82) is 0 Å². The van der Waals surface area contributed by atoms with E-state index in [4.69, 9.17) is 4.74 Å². The van der Waals surface area contributed by atoms with E-state index in [9.17, 15) is 0 Å². The molecule has 27 heavy (non-hydrogen) atoms. The molecule has 2 aromatic carbocycles. The second-order valence-corrected chi connectivity index (χ2v) is 8.34. The lowest BCUT2D eigenvalue weighted by atomic mass is 9.84. The number of benzene rings is 2. The van der Waals surface area contributed by atoms with Crippen LogP contribution in [0.15, 0.2) is 60.7 Å². The van der Waals surface area contributed by atoms with E-state index >= 15 is 0 Å². The Morgan fingerprint density at radius 1 is 1.00 bits per heavy atom. The summed E-state index contributed by atoms with van der Waals surface area (Å²) in [5.74, 6) is 0.634. The van der Waals surface area contributed by atoms with Crippen molar-refractivity contribution < 1.29 is 4.74 Å². The molecule has 2 nitrogen and oxygen atoms in total. The summed E-state index contributed by atoms with van der Waals surface area (Å²) in [6.07, 6.45) is 10.8. The number of allylic oxidation sites excluding steroid dienone is 1. The zero-order chi connectivity index (χ0) is 18.1. The number of ether oxygens (including phenoxy) is 1. The molecule has 1 saturated heterocycles. The number of aryl methyl sites for hydroxylation is 1. The number of fused-ring (bicyclic) bond motifs is 3. The van der Waals surface area contributed by atoms with Crippen molar-refractivity contribution in [2.45, 2.75) is 50.2 Å². The average molecular weight is 360 g/mol. The molecule has 0 bridgehead atoms. The zero-order valence-electron chi connectivity index (χ0n) is 16.1. The van der Waals surface area contributed by atoms with E-state index in [0.717, 1.165) is 39.0 Å². The predicted molar refractivity (Wildman–Crippen MR) is 110 cm³/mol. The summed E-state index contributed by atoms with van der Waals surface area (Å²) in [5, 5.41) is 0. The second-order valence-electron chi connectivity index (χ2n) is 8.34. The van der Waals surface area contributed by atoms with Gasteiger partial charge < -0.3 is 9.64 Å². The topological polar surface area (TPSA) is 12.5 Å². The fourth-order valence-corrected chi connectivity index (χ4v) is 5.24. The minimum Gasteiger partial charge on any atom is -0.365 e. The van der Waals surface area contributed by atoms with Crippen molar-refractivity contribution in [1.82, 2.24) is 4.90 Å². The van der Waals surface area contributed by atoms with Gasteiger partial charge in [-0.25, -0.2) is 0 Å². The monoisotopic (exact) mass is 359 g/mol. The first-order chi connectivity index (χ1) is 13.3. The van der Waals surface area contributed by atoms with E-state index in [1.165, 1.54) is 30.5 Å². The van der Waals surface area contributed by atoms with E-state index in [0.29, 0.717) is 5.92 Å². The van der Waals surface area contributed by atoms with Gasteiger partial charge in [-0.05, 0) is 54.4 Å². The SMILES string of the molecule is C(=C\C1CCc2ccccc21)/CCN1CCC2(CC1)OCc1ccccc12. The van der Waals surface area contributed by atoms with Crippen molar-refractivity contribution in [3.63, 3.8) is 0 Å². The summed E-state index contributed by atoms with van der Waals surface area (Å²) in [6.45, 7) is 4.26. The Balaban J connectivity index is 1.13. The third-order valence-corrected chi connectivity index (χ3v) is 6.84. The van der Waals surface area contributed by atoms with Crippen LogP contribution in [0.1, 0.15) is 53.9 Å². The van der Waals surface area contributed by atoms with Crippen LogP contribution in [0.5, 0.6) is 0 Å². The predicted octanol–water partition coefficient (Wildman–Crippen LogP) is 5.18. The lowest BCUT2D eigenvalue weighted by Gasteiger charge is -2.39. The van der Waals surface area contributed by atoms with Crippen LogP contribution in [0.25, 0.3) is 0 Å². The maximum atomic E-state index is 6.29. The van der Waals surface area contributed by atoms with Gasteiger partial charge in [0.05, 0.1) is 12.2 Å². The molecular formula is C25H29NO. The van der Waals surface area contributed by atoms with Crippen LogP contribution in [-0.2, 0) is 23.4 Å². The Bertz CT molecular complexity index is 832. The maximum Gasteiger partial charge on any atom is 0.0963 e. The van der Waals surface area contributed by atoms with Gasteiger partial charge in [0.15, 0.2) is 0 Å². The van der Waals surface area contributed by atoms with Crippen molar-refractivity contribution in [3.05, 3.63) is 82.9 Å². The van der Waals surface area contributed by atoms with E-state index in [-0.39, 0.29) is 5.60 Å². The number of piperidine rings is 1. The lowest BCUT2D eigenvalue weighted by molar-refractivity contribution is -0.0785. The number of likely N-dealkylation sites (tertiary alicyclic amines) is 1. The third kappa shape index (κ3) is 3.26. The minimum absolute atomic E-state index is 0.00348. The zero-order valence-corrected chi connectivity index (χ0v) is 16.1. The Kier molecular flexibility index (Phi) is 4.63. The molecule has 2 aromatic rings. The van der Waals surface area contributed by atoms with Crippen molar-refractivity contribution in [2.75, 3.05) is 19.6 Å². The molecule has 1 spiro atoms. The number of hydrogen-bond acceptors (Lipinski definition) is 2. The van der Waals surface area contributed by atoms with Gasteiger partial charge in [-0.1, -0.05) is 60.7 Å². The molecule has 2 heteroatoms. The molecule has 0 aromatic heterocycles. The van der Waals surface area contributed by atoms with Crippen LogP contribution < -0.4 is 0 Å². The van der Waals surface area contributed by atoms with Crippen LogP contribution in [0, 0.1) is 0 Å². The normalized spacial score (nSPS) is 23.8. The van der Waals surface area contributed by atoms with Crippen LogP contribution in [0.2, 0.25) is 0 Å².